The van der Waals surface area contributed by atoms with Crippen LogP contribution in [0.25, 0.3) is 16.7 Å². The lowest BCUT2D eigenvalue weighted by Gasteiger charge is -2.09. The Morgan fingerprint density at radius 2 is 1.87 bits per heavy atom. The third kappa shape index (κ3) is 3.88. The second kappa shape index (κ2) is 8.07. The van der Waals surface area contributed by atoms with E-state index in [-0.39, 0.29) is 30.8 Å². The van der Waals surface area contributed by atoms with Crippen LogP contribution in [0.2, 0.25) is 0 Å². The maximum atomic E-state index is 12.6. The Morgan fingerprint density at radius 3 is 2.58 bits per heavy atom. The van der Waals surface area contributed by atoms with E-state index in [1.807, 2.05) is 45.0 Å². The fraction of sp³-hybridized carbons (Fsp3) is 0.318. The fourth-order valence-corrected chi connectivity index (χ4v) is 4.57. The summed E-state index contributed by atoms with van der Waals surface area (Å²) in [7, 11) is 1.63. The summed E-state index contributed by atoms with van der Waals surface area (Å²) < 4.78 is 8.49. The Kier molecular flexibility index (Phi) is 5.45. The van der Waals surface area contributed by atoms with Crippen molar-refractivity contribution in [2.24, 2.45) is 7.05 Å². The van der Waals surface area contributed by atoms with Gasteiger partial charge < -0.3 is 4.74 Å². The fourth-order valence-electron chi connectivity index (χ4n) is 3.63. The Morgan fingerprint density at radius 1 is 1.10 bits per heavy atom. The smallest absolute Gasteiger partial charge is 0.306 e. The molecule has 0 unspecified atom stereocenters. The van der Waals surface area contributed by atoms with Crippen molar-refractivity contribution < 1.29 is 14.3 Å². The Balaban J connectivity index is 1.51. The van der Waals surface area contributed by atoms with Gasteiger partial charge >= 0.3 is 5.97 Å². The van der Waals surface area contributed by atoms with Gasteiger partial charge in [-0.2, -0.15) is 0 Å². The van der Waals surface area contributed by atoms with Crippen LogP contribution in [-0.2, 0) is 23.2 Å². The number of benzene rings is 1. The normalized spacial score (nSPS) is 11.4. The first-order valence-electron chi connectivity index (χ1n) is 9.85. The minimum absolute atomic E-state index is 0.0116. The van der Waals surface area contributed by atoms with Gasteiger partial charge in [-0.3, -0.25) is 23.4 Å². The standard InChI is InChI=1S/C22H22N4O4S/c1-12-5-6-17-16(9-12)21(29)25(4)22-24-23-19(26(17)22)11-30-20(28)8-7-18(27)15-10-13(2)31-14(15)3/h5-6,9-10H,7-8,11H2,1-4H3. The Labute approximate surface area is 182 Å². The second-order valence-corrected chi connectivity index (χ2v) is 9.01. The Bertz CT molecular complexity index is 1400. The molecule has 0 saturated heterocycles. The maximum Gasteiger partial charge on any atom is 0.306 e. The summed E-state index contributed by atoms with van der Waals surface area (Å²) in [6.07, 6.45) is 0.0788. The molecule has 0 spiro atoms. The van der Waals surface area contributed by atoms with Gasteiger partial charge in [0.2, 0.25) is 5.78 Å². The van der Waals surface area contributed by atoms with Crippen molar-refractivity contribution in [3.05, 3.63) is 61.3 Å². The third-order valence-electron chi connectivity index (χ3n) is 5.20. The first kappa shape index (κ1) is 20.9. The molecule has 0 atom stereocenters. The average Bonchev–Trinajstić information content (AvgIpc) is 3.31. The minimum Gasteiger partial charge on any atom is -0.457 e. The summed E-state index contributed by atoms with van der Waals surface area (Å²) >= 11 is 1.57. The van der Waals surface area contributed by atoms with Gasteiger partial charge in [0.05, 0.1) is 17.3 Å². The number of fused-ring (bicyclic) bond motifs is 3. The number of ketones is 1. The first-order chi connectivity index (χ1) is 14.8. The highest BCUT2D eigenvalue weighted by molar-refractivity contribution is 7.12. The highest BCUT2D eigenvalue weighted by Crippen LogP contribution is 2.22. The van der Waals surface area contributed by atoms with Crippen LogP contribution in [0.1, 0.15) is 44.3 Å². The monoisotopic (exact) mass is 438 g/mol. The minimum atomic E-state index is -0.486. The Hall–Kier alpha value is -3.33. The first-order valence-corrected chi connectivity index (χ1v) is 10.7. The van der Waals surface area contributed by atoms with Crippen molar-refractivity contribution in [2.75, 3.05) is 0 Å². The van der Waals surface area contributed by atoms with Crippen LogP contribution < -0.4 is 5.56 Å². The number of aromatic nitrogens is 4. The van der Waals surface area contributed by atoms with Gasteiger partial charge in [-0.25, -0.2) is 0 Å². The molecule has 0 aliphatic carbocycles. The summed E-state index contributed by atoms with van der Waals surface area (Å²) in [4.78, 5) is 39.3. The molecular formula is C22H22N4O4S. The SMILES string of the molecule is Cc1ccc2c(c1)c(=O)n(C)c1nnc(COC(=O)CCC(=O)c3cc(C)sc3C)n21. The number of esters is 1. The molecule has 8 nitrogen and oxygen atoms in total. The number of carbonyl (C=O) groups excluding carboxylic acids is 2. The average molecular weight is 439 g/mol. The van der Waals surface area contributed by atoms with Gasteiger partial charge in [-0.05, 0) is 39.0 Å². The molecular weight excluding hydrogens is 416 g/mol. The van der Waals surface area contributed by atoms with E-state index in [2.05, 4.69) is 10.2 Å². The van der Waals surface area contributed by atoms with E-state index >= 15 is 0 Å². The van der Waals surface area contributed by atoms with E-state index in [1.54, 1.807) is 22.8 Å². The molecule has 3 aromatic heterocycles. The summed E-state index contributed by atoms with van der Waals surface area (Å²) in [5, 5.41) is 8.73. The lowest BCUT2D eigenvalue weighted by atomic mass is 10.1. The lowest BCUT2D eigenvalue weighted by molar-refractivity contribution is -0.145. The van der Waals surface area contributed by atoms with Gasteiger partial charge in [0.1, 0.15) is 0 Å². The van der Waals surface area contributed by atoms with Crippen LogP contribution in [0.15, 0.2) is 29.1 Å². The van der Waals surface area contributed by atoms with Crippen molar-refractivity contribution in [3.8, 4) is 0 Å². The molecule has 3 heterocycles. The van der Waals surface area contributed by atoms with E-state index in [1.165, 1.54) is 4.57 Å². The van der Waals surface area contributed by atoms with Crippen LogP contribution in [0.3, 0.4) is 0 Å². The molecule has 9 heteroatoms. The van der Waals surface area contributed by atoms with Crippen molar-refractivity contribution >= 4 is 39.8 Å². The number of hydrogen-bond acceptors (Lipinski definition) is 7. The zero-order valence-corrected chi connectivity index (χ0v) is 18.6. The predicted octanol–water partition coefficient (Wildman–Crippen LogP) is 3.27. The van der Waals surface area contributed by atoms with E-state index in [4.69, 9.17) is 4.74 Å². The summed E-state index contributed by atoms with van der Waals surface area (Å²) in [6.45, 7) is 5.66. The third-order valence-corrected chi connectivity index (χ3v) is 6.17. The van der Waals surface area contributed by atoms with Crippen LogP contribution in [0.5, 0.6) is 0 Å². The van der Waals surface area contributed by atoms with Crippen molar-refractivity contribution in [1.82, 2.24) is 19.2 Å². The molecule has 4 aromatic rings. The van der Waals surface area contributed by atoms with Crippen LogP contribution in [0, 0.1) is 20.8 Å². The molecule has 0 bridgehead atoms. The van der Waals surface area contributed by atoms with Gasteiger partial charge in [0.15, 0.2) is 18.2 Å². The number of Topliss-reactive ketones (excluding diaryl/α,β-unsaturated/α-hetero) is 1. The molecule has 0 amide bonds. The molecule has 1 aromatic carbocycles. The van der Waals surface area contributed by atoms with Gasteiger partial charge in [0, 0.05) is 28.8 Å². The number of nitrogens with zero attached hydrogens (tertiary/aromatic N) is 4. The van der Waals surface area contributed by atoms with Crippen molar-refractivity contribution in [1.29, 1.82) is 0 Å². The number of aryl methyl sites for hydroxylation is 4. The maximum absolute atomic E-state index is 12.6. The predicted molar refractivity (Wildman–Crippen MR) is 118 cm³/mol. The molecule has 0 radical (unpaired) electrons. The number of ether oxygens (including phenoxy) is 1. The molecule has 4 rings (SSSR count). The molecule has 0 aliphatic rings. The molecule has 0 aliphatic heterocycles. The van der Waals surface area contributed by atoms with Crippen molar-refractivity contribution in [2.45, 2.75) is 40.2 Å². The quantitative estimate of drug-likeness (QED) is 0.339. The summed E-state index contributed by atoms with van der Waals surface area (Å²) in [6, 6.07) is 7.40. The zero-order valence-electron chi connectivity index (χ0n) is 17.8. The van der Waals surface area contributed by atoms with Gasteiger partial charge in [0.25, 0.3) is 5.56 Å². The molecule has 0 fully saturated rings. The highest BCUT2D eigenvalue weighted by Gasteiger charge is 2.18. The number of rotatable bonds is 6. The molecule has 31 heavy (non-hydrogen) atoms. The molecule has 0 N–H and O–H groups in total. The molecule has 0 saturated carbocycles. The number of carbonyl (C=O) groups is 2. The lowest BCUT2D eigenvalue weighted by Crippen LogP contribution is -2.20. The van der Waals surface area contributed by atoms with E-state index in [0.29, 0.717) is 28.1 Å². The van der Waals surface area contributed by atoms with E-state index in [0.717, 1.165) is 15.3 Å². The number of hydrogen-bond donors (Lipinski definition) is 0. The van der Waals surface area contributed by atoms with Crippen LogP contribution >= 0.6 is 11.3 Å². The highest BCUT2D eigenvalue weighted by atomic mass is 32.1. The van der Waals surface area contributed by atoms with E-state index in [9.17, 15) is 14.4 Å². The van der Waals surface area contributed by atoms with E-state index < -0.39 is 5.97 Å². The second-order valence-electron chi connectivity index (χ2n) is 7.55. The molecule has 160 valence electrons. The van der Waals surface area contributed by atoms with Gasteiger partial charge in [-0.15, -0.1) is 21.5 Å². The zero-order chi connectivity index (χ0) is 22.3. The topological polar surface area (TPSA) is 95.6 Å². The summed E-state index contributed by atoms with van der Waals surface area (Å²) in [5.74, 6) is 0.220. The van der Waals surface area contributed by atoms with Gasteiger partial charge in [-0.1, -0.05) is 11.6 Å². The number of thiophene rings is 1. The van der Waals surface area contributed by atoms with Crippen LogP contribution in [0.4, 0.5) is 0 Å². The van der Waals surface area contributed by atoms with Crippen LogP contribution in [-0.4, -0.2) is 30.9 Å². The van der Waals surface area contributed by atoms with Crippen molar-refractivity contribution in [3.63, 3.8) is 0 Å². The largest absolute Gasteiger partial charge is 0.457 e. The summed E-state index contributed by atoms with van der Waals surface area (Å²) in [5.41, 5.74) is 2.12.